The van der Waals surface area contributed by atoms with Crippen molar-refractivity contribution in [3.63, 3.8) is 0 Å². The van der Waals surface area contributed by atoms with Crippen molar-refractivity contribution in [1.29, 1.82) is 0 Å². The van der Waals surface area contributed by atoms with Gasteiger partial charge in [-0.2, -0.15) is 17.2 Å². The van der Waals surface area contributed by atoms with E-state index >= 15 is 0 Å². The number of ether oxygens (including phenoxy) is 1. The number of benzene rings is 4. The molecule has 0 aliphatic carbocycles. The smallest absolute Gasteiger partial charge is 0.509 e. The van der Waals surface area contributed by atoms with Gasteiger partial charge in [0, 0.05) is 35.0 Å². The number of aryl methyl sites for hydroxylation is 3. The molecule has 0 amide bonds. The third kappa shape index (κ3) is 6.29. The monoisotopic (exact) mass is 797 g/mol. The third-order valence-corrected chi connectivity index (χ3v) is 8.67. The number of hydrogen-bond donors (Lipinski definition) is 0. The van der Waals surface area contributed by atoms with Crippen LogP contribution in [0.1, 0.15) is 55.9 Å². The minimum Gasteiger partial charge on any atom is -0.509 e. The molecule has 0 atom stereocenters. The van der Waals surface area contributed by atoms with E-state index in [1.807, 2.05) is 47.4 Å². The molecule has 0 saturated carbocycles. The average molecular weight is 798 g/mol. The maximum atomic E-state index is 6.40. The fourth-order valence-electron chi connectivity index (χ4n) is 6.59. The summed E-state index contributed by atoms with van der Waals surface area (Å²) in [5, 5.41) is 7.05. The topological polar surface area (TPSA) is 44.9 Å². The molecule has 5 nitrogen and oxygen atoms in total. The van der Waals surface area contributed by atoms with E-state index in [0.717, 1.165) is 76.5 Å². The first-order valence-corrected chi connectivity index (χ1v) is 16.4. The predicted octanol–water partition coefficient (Wildman–Crippen LogP) is 10.2. The first-order chi connectivity index (χ1) is 22.6. The van der Waals surface area contributed by atoms with Crippen LogP contribution in [-0.2, 0) is 40.3 Å². The van der Waals surface area contributed by atoms with Gasteiger partial charge in [-0.3, -0.25) is 4.68 Å². The second-order valence-corrected chi connectivity index (χ2v) is 11.9. The van der Waals surface area contributed by atoms with Crippen LogP contribution in [0.5, 0.6) is 11.5 Å². The first-order valence-electron chi connectivity index (χ1n) is 16.4. The van der Waals surface area contributed by atoms with Crippen molar-refractivity contribution in [2.24, 2.45) is 0 Å². The number of rotatable bonds is 10. The Hall–Kier alpha value is -4.47. The maximum absolute atomic E-state index is 6.40. The Balaban J connectivity index is 0.00000386. The van der Waals surface area contributed by atoms with Crippen LogP contribution >= 0.6 is 0 Å². The molecule has 0 aliphatic rings. The van der Waals surface area contributed by atoms with Crippen LogP contribution in [0.4, 0.5) is 0 Å². The second kappa shape index (κ2) is 14.1. The molecule has 0 fully saturated rings. The van der Waals surface area contributed by atoms with Crippen LogP contribution in [0.15, 0.2) is 97.5 Å². The van der Waals surface area contributed by atoms with E-state index in [-0.39, 0.29) is 21.1 Å². The Labute approximate surface area is 291 Å². The Kier molecular flexibility index (Phi) is 9.75. The van der Waals surface area contributed by atoms with Gasteiger partial charge in [0.25, 0.3) is 0 Å². The number of hydrogen-bond acceptors (Lipinski definition) is 3. The number of nitrogens with zero attached hydrogens (tertiary/aromatic N) is 4. The molecule has 3 aromatic heterocycles. The molecule has 0 saturated heterocycles. The van der Waals surface area contributed by atoms with E-state index in [0.29, 0.717) is 11.5 Å². The summed E-state index contributed by atoms with van der Waals surface area (Å²) in [6, 6.07) is 34.1. The summed E-state index contributed by atoms with van der Waals surface area (Å²) in [6.07, 6.45) is 11.3. The molecule has 3 heterocycles. The third-order valence-electron chi connectivity index (χ3n) is 8.67. The fraction of sp³-hybridized carbons (Fsp3) is 0.220. The summed E-state index contributed by atoms with van der Waals surface area (Å²) in [7, 11) is 0. The molecule has 238 valence electrons. The van der Waals surface area contributed by atoms with E-state index in [1.54, 1.807) is 0 Å². The van der Waals surface area contributed by atoms with Gasteiger partial charge in [0.05, 0.1) is 6.20 Å². The van der Waals surface area contributed by atoms with Gasteiger partial charge >= 0.3 is 21.1 Å². The van der Waals surface area contributed by atoms with Gasteiger partial charge in [-0.25, -0.2) is 4.98 Å². The van der Waals surface area contributed by atoms with Crippen LogP contribution in [0.2, 0.25) is 0 Å². The molecule has 0 spiro atoms. The number of fused-ring (bicyclic) bond motifs is 3. The fourth-order valence-corrected chi connectivity index (χ4v) is 6.59. The Morgan fingerprint density at radius 1 is 0.787 bits per heavy atom. The van der Waals surface area contributed by atoms with Crippen LogP contribution in [-0.4, -0.2) is 19.3 Å². The van der Waals surface area contributed by atoms with Crippen molar-refractivity contribution in [3.05, 3.63) is 132 Å². The summed E-state index contributed by atoms with van der Waals surface area (Å²) >= 11 is 0. The van der Waals surface area contributed by atoms with Crippen LogP contribution in [0.3, 0.4) is 0 Å². The molecule has 0 unspecified atom stereocenters. The maximum Gasteiger partial charge on any atom is 2.00 e. The Morgan fingerprint density at radius 3 is 2.40 bits per heavy atom. The summed E-state index contributed by atoms with van der Waals surface area (Å²) in [6.45, 7) is 8.83. The zero-order valence-electron chi connectivity index (χ0n) is 27.3. The van der Waals surface area contributed by atoms with Crippen molar-refractivity contribution in [2.75, 3.05) is 0 Å². The average Bonchev–Trinajstić information content (AvgIpc) is 3.69. The summed E-state index contributed by atoms with van der Waals surface area (Å²) in [5.41, 5.74) is 10.8. The SMILES string of the molecule is CCCc1ccc(CC)c(CCC)c1-c1cnn(-c2[c-]c(Oc3[c-]c4c(cc3)c3ccccc3n4-c3cc(C)ccn3)ccc2)c1.[Pt+2]. The van der Waals surface area contributed by atoms with Gasteiger partial charge in [0.15, 0.2) is 0 Å². The van der Waals surface area contributed by atoms with E-state index < -0.39 is 0 Å². The normalized spacial score (nSPS) is 11.2. The minimum absolute atomic E-state index is 0. The van der Waals surface area contributed by atoms with Gasteiger partial charge in [-0.15, -0.1) is 35.7 Å². The quantitative estimate of drug-likeness (QED) is 0.130. The number of para-hydroxylation sites is 1. The number of aromatic nitrogens is 4. The van der Waals surface area contributed by atoms with E-state index in [2.05, 4.69) is 99.1 Å². The van der Waals surface area contributed by atoms with Crippen molar-refractivity contribution in [3.8, 4) is 34.1 Å². The van der Waals surface area contributed by atoms with Crippen molar-refractivity contribution in [2.45, 2.75) is 59.8 Å². The zero-order valence-corrected chi connectivity index (χ0v) is 29.6. The van der Waals surface area contributed by atoms with E-state index in [9.17, 15) is 0 Å². The molecular formula is C41H38N4OPt. The van der Waals surface area contributed by atoms with E-state index in [1.165, 1.54) is 22.3 Å². The predicted molar refractivity (Wildman–Crippen MR) is 187 cm³/mol. The van der Waals surface area contributed by atoms with Gasteiger partial charge in [-0.1, -0.05) is 69.5 Å². The van der Waals surface area contributed by atoms with Crippen LogP contribution < -0.4 is 4.74 Å². The van der Waals surface area contributed by atoms with Gasteiger partial charge in [0.1, 0.15) is 5.82 Å². The van der Waals surface area contributed by atoms with Crippen molar-refractivity contribution >= 4 is 21.8 Å². The molecule has 0 bridgehead atoms. The first kappa shape index (κ1) is 32.5. The van der Waals surface area contributed by atoms with E-state index in [4.69, 9.17) is 14.8 Å². The molecule has 6 heteroatoms. The molecule has 0 radical (unpaired) electrons. The second-order valence-electron chi connectivity index (χ2n) is 11.9. The minimum atomic E-state index is 0. The summed E-state index contributed by atoms with van der Waals surface area (Å²) in [4.78, 5) is 4.69. The molecule has 7 rings (SSSR count). The van der Waals surface area contributed by atoms with Crippen molar-refractivity contribution in [1.82, 2.24) is 19.3 Å². The number of pyridine rings is 1. The van der Waals surface area contributed by atoms with Gasteiger partial charge in [0.2, 0.25) is 0 Å². The Morgan fingerprint density at radius 2 is 1.60 bits per heavy atom. The summed E-state index contributed by atoms with van der Waals surface area (Å²) in [5.74, 6) is 2.08. The largest absolute Gasteiger partial charge is 2.00 e. The van der Waals surface area contributed by atoms with Crippen molar-refractivity contribution < 1.29 is 25.8 Å². The van der Waals surface area contributed by atoms with Gasteiger partial charge < -0.3 is 9.30 Å². The molecule has 4 aromatic carbocycles. The van der Waals surface area contributed by atoms with Crippen LogP contribution in [0, 0.1) is 19.1 Å². The molecule has 7 aromatic rings. The molecule has 0 N–H and O–H groups in total. The van der Waals surface area contributed by atoms with Gasteiger partial charge in [-0.05, 0) is 83.3 Å². The molecular weight excluding hydrogens is 760 g/mol. The zero-order chi connectivity index (χ0) is 31.6. The van der Waals surface area contributed by atoms with Crippen LogP contribution in [0.25, 0.3) is 44.4 Å². The molecule has 0 aliphatic heterocycles. The standard InChI is InChI=1S/C41H38N4O.Pt/c1-5-11-30-18-17-29(7-3)35(12-6-2)41(30)31-26-43-44(27-31)32-13-10-14-33(24-32)46-34-19-20-37-36-15-8-9-16-38(36)45(39(37)25-34)40-23-28(4)21-22-42-40;/h8-10,13-23,26-27H,5-7,11-12H2,1-4H3;/q-2;+2. The summed E-state index contributed by atoms with van der Waals surface area (Å²) < 4.78 is 10.5. The Bertz CT molecular complexity index is 2180. The molecule has 47 heavy (non-hydrogen) atoms.